The third-order valence-corrected chi connectivity index (χ3v) is 5.53. The molecule has 0 saturated heterocycles. The zero-order valence-corrected chi connectivity index (χ0v) is 16.2. The lowest BCUT2D eigenvalue weighted by atomic mass is 9.83. The van der Waals surface area contributed by atoms with Crippen molar-refractivity contribution in [1.82, 2.24) is 25.0 Å². The first-order valence-corrected chi connectivity index (χ1v) is 9.40. The molecule has 0 bridgehead atoms. The Morgan fingerprint density at radius 1 is 1.21 bits per heavy atom. The van der Waals surface area contributed by atoms with Crippen LogP contribution >= 0.6 is 15.9 Å². The maximum atomic E-state index is 13.5. The summed E-state index contributed by atoms with van der Waals surface area (Å²) in [4.78, 5) is 16.8. The van der Waals surface area contributed by atoms with Crippen LogP contribution in [-0.4, -0.2) is 25.0 Å². The zero-order chi connectivity index (χ0) is 19.4. The van der Waals surface area contributed by atoms with Gasteiger partial charge in [0.2, 0.25) is 0 Å². The molecule has 7 nitrogen and oxygen atoms in total. The van der Waals surface area contributed by atoms with Gasteiger partial charge in [-0.1, -0.05) is 28.1 Å². The Kier molecular flexibility index (Phi) is 3.80. The van der Waals surface area contributed by atoms with Crippen LogP contribution in [0.15, 0.2) is 52.0 Å². The summed E-state index contributed by atoms with van der Waals surface area (Å²) in [5.41, 5.74) is 2.09. The van der Waals surface area contributed by atoms with E-state index >= 15 is 0 Å². The molecular weight excluding hydrogens is 427 g/mol. The standard InChI is InChI=1S/C19H14BrFN6O/c1-27-18(22-8-23-27)15-16(9-2-4-11(21)5-3-9)24-13-7-10(20)6-12-14(13)17(15)25-26-19(12)28/h2-8,15-16,24H,1H3,(H,26,28). The Bertz CT molecular complexity index is 1270. The van der Waals surface area contributed by atoms with Gasteiger partial charge in [-0.15, -0.1) is 0 Å². The van der Waals surface area contributed by atoms with Crippen molar-refractivity contribution in [3.63, 3.8) is 0 Å². The average Bonchev–Trinajstić information content (AvgIpc) is 3.10. The number of rotatable bonds is 2. The quantitative estimate of drug-likeness (QED) is 0.499. The largest absolute Gasteiger partial charge is 0.376 e. The number of benzene rings is 2. The normalized spacial score (nSPS) is 18.2. The van der Waals surface area contributed by atoms with Crippen LogP contribution in [0.5, 0.6) is 0 Å². The second kappa shape index (κ2) is 6.23. The van der Waals surface area contributed by atoms with Crippen LogP contribution in [0.1, 0.15) is 29.0 Å². The van der Waals surface area contributed by atoms with Crippen molar-refractivity contribution in [1.29, 1.82) is 0 Å². The predicted octanol–water partition coefficient (Wildman–Crippen LogP) is 3.25. The first-order chi connectivity index (χ1) is 13.5. The van der Waals surface area contributed by atoms with Crippen LogP contribution in [0.25, 0.3) is 10.8 Å². The molecule has 1 aliphatic heterocycles. The molecule has 4 aromatic rings. The molecule has 28 heavy (non-hydrogen) atoms. The molecule has 0 radical (unpaired) electrons. The Balaban J connectivity index is 1.82. The highest BCUT2D eigenvalue weighted by Crippen LogP contribution is 2.46. The summed E-state index contributed by atoms with van der Waals surface area (Å²) in [5, 5.41) is 16.0. The second-order valence-electron chi connectivity index (χ2n) is 6.71. The number of aryl methyl sites for hydroxylation is 1. The molecule has 2 atom stereocenters. The minimum Gasteiger partial charge on any atom is -0.376 e. The van der Waals surface area contributed by atoms with Crippen LogP contribution in [0.2, 0.25) is 0 Å². The number of H-pyrrole nitrogens is 1. The van der Waals surface area contributed by atoms with E-state index in [1.54, 1.807) is 22.9 Å². The van der Waals surface area contributed by atoms with E-state index in [0.29, 0.717) is 16.9 Å². The Hall–Kier alpha value is -3.07. The number of hydrogen-bond donors (Lipinski definition) is 2. The van der Waals surface area contributed by atoms with Crippen LogP contribution in [0.3, 0.4) is 0 Å². The smallest absolute Gasteiger partial charge is 0.272 e. The molecular formula is C19H14BrFN6O. The fourth-order valence-electron chi connectivity index (χ4n) is 3.84. The number of hydrogen-bond acceptors (Lipinski definition) is 5. The van der Waals surface area contributed by atoms with Gasteiger partial charge in [-0.25, -0.2) is 14.5 Å². The highest BCUT2D eigenvalue weighted by molar-refractivity contribution is 9.10. The summed E-state index contributed by atoms with van der Waals surface area (Å²) in [7, 11) is 1.81. The van der Waals surface area contributed by atoms with E-state index in [1.165, 1.54) is 18.5 Å². The van der Waals surface area contributed by atoms with Gasteiger partial charge in [0.15, 0.2) is 0 Å². The molecule has 0 saturated carbocycles. The van der Waals surface area contributed by atoms with E-state index in [1.807, 2.05) is 13.1 Å². The minimum atomic E-state index is -0.328. The van der Waals surface area contributed by atoms with Gasteiger partial charge in [-0.2, -0.15) is 10.2 Å². The number of aromatic amines is 1. The molecule has 3 heterocycles. The molecule has 0 amide bonds. The monoisotopic (exact) mass is 440 g/mol. The molecule has 0 spiro atoms. The van der Waals surface area contributed by atoms with E-state index in [0.717, 1.165) is 21.1 Å². The zero-order valence-electron chi connectivity index (χ0n) is 14.6. The van der Waals surface area contributed by atoms with Crippen LogP contribution in [0.4, 0.5) is 10.1 Å². The van der Waals surface area contributed by atoms with Crippen molar-refractivity contribution < 1.29 is 4.39 Å². The van der Waals surface area contributed by atoms with Crippen molar-refractivity contribution in [3.05, 3.63) is 80.5 Å². The van der Waals surface area contributed by atoms with Gasteiger partial charge >= 0.3 is 0 Å². The number of nitrogens with one attached hydrogen (secondary N) is 2. The summed E-state index contributed by atoms with van der Waals surface area (Å²) in [6.07, 6.45) is 1.48. The first-order valence-electron chi connectivity index (χ1n) is 8.60. The van der Waals surface area contributed by atoms with Gasteiger partial charge in [0.05, 0.1) is 23.0 Å². The fourth-order valence-corrected chi connectivity index (χ4v) is 4.30. The molecule has 5 rings (SSSR count). The SMILES string of the molecule is Cn1ncnc1C1c2n[nH]c(=O)c3cc(Br)cc(c23)NC1c1ccc(F)cc1. The molecule has 140 valence electrons. The lowest BCUT2D eigenvalue weighted by molar-refractivity contribution is 0.564. The topological polar surface area (TPSA) is 88.5 Å². The Labute approximate surface area is 166 Å². The fraction of sp³-hybridized carbons (Fsp3) is 0.158. The highest BCUT2D eigenvalue weighted by Gasteiger charge is 2.37. The first kappa shape index (κ1) is 17.1. The lowest BCUT2D eigenvalue weighted by Crippen LogP contribution is -2.29. The van der Waals surface area contributed by atoms with Gasteiger partial charge in [-0.05, 0) is 29.8 Å². The summed E-state index contributed by atoms with van der Waals surface area (Å²) >= 11 is 3.47. The van der Waals surface area contributed by atoms with Gasteiger partial charge in [-0.3, -0.25) is 9.48 Å². The van der Waals surface area contributed by atoms with Crippen LogP contribution in [0, 0.1) is 5.82 Å². The number of anilines is 1. The molecule has 2 unspecified atom stereocenters. The Morgan fingerprint density at radius 2 is 2.00 bits per heavy atom. The van der Waals surface area contributed by atoms with E-state index in [9.17, 15) is 9.18 Å². The average molecular weight is 441 g/mol. The minimum absolute atomic E-state index is 0.264. The van der Waals surface area contributed by atoms with Crippen LogP contribution < -0.4 is 10.9 Å². The van der Waals surface area contributed by atoms with E-state index in [2.05, 4.69) is 41.5 Å². The van der Waals surface area contributed by atoms with E-state index in [4.69, 9.17) is 0 Å². The van der Waals surface area contributed by atoms with Crippen molar-refractivity contribution >= 4 is 32.4 Å². The van der Waals surface area contributed by atoms with Crippen LogP contribution in [-0.2, 0) is 7.05 Å². The maximum Gasteiger partial charge on any atom is 0.272 e. The lowest BCUT2D eigenvalue weighted by Gasteiger charge is -2.33. The predicted molar refractivity (Wildman–Crippen MR) is 106 cm³/mol. The summed E-state index contributed by atoms with van der Waals surface area (Å²) < 4.78 is 16.0. The number of aromatic nitrogens is 5. The summed E-state index contributed by atoms with van der Waals surface area (Å²) in [6.45, 7) is 0. The van der Waals surface area contributed by atoms with Gasteiger partial charge in [0.1, 0.15) is 18.0 Å². The molecule has 9 heteroatoms. The van der Waals surface area contributed by atoms with Gasteiger partial charge in [0, 0.05) is 22.6 Å². The molecule has 2 N–H and O–H groups in total. The third-order valence-electron chi connectivity index (χ3n) is 5.07. The summed E-state index contributed by atoms with van der Waals surface area (Å²) in [6, 6.07) is 9.75. The van der Waals surface area contributed by atoms with Crippen molar-refractivity contribution in [2.45, 2.75) is 12.0 Å². The van der Waals surface area contributed by atoms with Gasteiger partial charge in [0.25, 0.3) is 5.56 Å². The summed E-state index contributed by atoms with van der Waals surface area (Å²) in [5.74, 6) is 0.0599. The highest BCUT2D eigenvalue weighted by atomic mass is 79.9. The van der Waals surface area contributed by atoms with Crippen molar-refractivity contribution in [3.8, 4) is 0 Å². The van der Waals surface area contributed by atoms with Crippen molar-refractivity contribution in [2.24, 2.45) is 7.05 Å². The second-order valence-corrected chi connectivity index (χ2v) is 7.62. The molecule has 2 aromatic carbocycles. The number of halogens is 2. The van der Waals surface area contributed by atoms with E-state index < -0.39 is 0 Å². The van der Waals surface area contributed by atoms with Gasteiger partial charge < -0.3 is 5.32 Å². The number of nitrogens with zero attached hydrogens (tertiary/aromatic N) is 4. The van der Waals surface area contributed by atoms with Crippen molar-refractivity contribution in [2.75, 3.05) is 5.32 Å². The third kappa shape index (κ3) is 2.54. The van der Waals surface area contributed by atoms with E-state index in [-0.39, 0.29) is 23.3 Å². The molecule has 2 aromatic heterocycles. The molecule has 1 aliphatic rings. The molecule has 0 aliphatic carbocycles. The molecule has 0 fully saturated rings. The Morgan fingerprint density at radius 3 is 2.71 bits per heavy atom. The maximum absolute atomic E-state index is 13.5.